The van der Waals surface area contributed by atoms with Crippen LogP contribution in [0.3, 0.4) is 0 Å². The molecule has 0 atom stereocenters. The van der Waals surface area contributed by atoms with Gasteiger partial charge in [-0.3, -0.25) is 0 Å². The average molecular weight is 325 g/mol. The first kappa shape index (κ1) is 15.5. The van der Waals surface area contributed by atoms with E-state index in [0.29, 0.717) is 21.9 Å². The molecule has 2 rings (SSSR count). The monoisotopic (exact) mass is 324 g/mol. The number of esters is 1. The first-order valence-corrected chi connectivity index (χ1v) is 8.52. The SMILES string of the molecule is CS(=O)(=O)Cc1ccc(C(=O)Oc2cccc(Cl)c2)cc1. The summed E-state index contributed by atoms with van der Waals surface area (Å²) in [5.74, 6) is -0.229. The van der Waals surface area contributed by atoms with E-state index in [9.17, 15) is 13.2 Å². The number of halogens is 1. The van der Waals surface area contributed by atoms with Gasteiger partial charge in [0.15, 0.2) is 9.84 Å². The van der Waals surface area contributed by atoms with E-state index < -0.39 is 15.8 Å². The van der Waals surface area contributed by atoms with E-state index >= 15 is 0 Å². The van der Waals surface area contributed by atoms with Gasteiger partial charge < -0.3 is 4.74 Å². The number of benzene rings is 2. The lowest BCUT2D eigenvalue weighted by Gasteiger charge is -2.05. The number of sulfone groups is 1. The van der Waals surface area contributed by atoms with Gasteiger partial charge >= 0.3 is 5.97 Å². The minimum absolute atomic E-state index is 0.0589. The highest BCUT2D eigenvalue weighted by molar-refractivity contribution is 7.89. The molecule has 110 valence electrons. The molecule has 2 aromatic carbocycles. The second-order valence-electron chi connectivity index (χ2n) is 4.61. The molecule has 0 bridgehead atoms. The molecular weight excluding hydrogens is 312 g/mol. The second-order valence-corrected chi connectivity index (χ2v) is 7.19. The quantitative estimate of drug-likeness (QED) is 0.640. The van der Waals surface area contributed by atoms with Crippen molar-refractivity contribution in [3.8, 4) is 5.75 Å². The molecule has 0 heterocycles. The fourth-order valence-corrected chi connectivity index (χ4v) is 2.71. The van der Waals surface area contributed by atoms with Crippen LogP contribution in [-0.2, 0) is 15.6 Å². The van der Waals surface area contributed by atoms with Crippen LogP contribution in [0.15, 0.2) is 48.5 Å². The predicted molar refractivity (Wildman–Crippen MR) is 81.4 cm³/mol. The van der Waals surface area contributed by atoms with Gasteiger partial charge in [0, 0.05) is 11.3 Å². The molecule has 0 saturated heterocycles. The van der Waals surface area contributed by atoms with E-state index in [-0.39, 0.29) is 5.75 Å². The van der Waals surface area contributed by atoms with E-state index in [1.54, 1.807) is 30.3 Å². The first-order chi connectivity index (χ1) is 9.83. The summed E-state index contributed by atoms with van der Waals surface area (Å²) in [5, 5.41) is 0.476. The summed E-state index contributed by atoms with van der Waals surface area (Å²) in [7, 11) is -3.09. The van der Waals surface area contributed by atoms with Crippen molar-refractivity contribution in [2.75, 3.05) is 6.26 Å². The lowest BCUT2D eigenvalue weighted by Crippen LogP contribution is -2.08. The molecule has 0 spiro atoms. The smallest absolute Gasteiger partial charge is 0.343 e. The van der Waals surface area contributed by atoms with Gasteiger partial charge in [-0.2, -0.15) is 0 Å². The Kier molecular flexibility index (Phi) is 4.65. The molecule has 6 heteroatoms. The van der Waals surface area contributed by atoms with Gasteiger partial charge in [0.1, 0.15) is 5.75 Å². The number of carbonyl (C=O) groups excluding carboxylic acids is 1. The van der Waals surface area contributed by atoms with E-state index in [2.05, 4.69) is 0 Å². The van der Waals surface area contributed by atoms with Gasteiger partial charge in [0.25, 0.3) is 0 Å². The van der Waals surface area contributed by atoms with Crippen LogP contribution >= 0.6 is 11.6 Å². The maximum Gasteiger partial charge on any atom is 0.343 e. The molecule has 0 amide bonds. The van der Waals surface area contributed by atoms with Crippen molar-refractivity contribution in [2.24, 2.45) is 0 Å². The highest BCUT2D eigenvalue weighted by Crippen LogP contribution is 2.18. The van der Waals surface area contributed by atoms with Crippen LogP contribution < -0.4 is 4.74 Å². The van der Waals surface area contributed by atoms with Crippen LogP contribution in [0.2, 0.25) is 5.02 Å². The van der Waals surface area contributed by atoms with Crippen molar-refractivity contribution >= 4 is 27.4 Å². The molecule has 0 aliphatic carbocycles. The van der Waals surface area contributed by atoms with Crippen molar-refractivity contribution < 1.29 is 17.9 Å². The van der Waals surface area contributed by atoms with Crippen molar-refractivity contribution in [1.29, 1.82) is 0 Å². The topological polar surface area (TPSA) is 60.4 Å². The van der Waals surface area contributed by atoms with Crippen LogP contribution in [0.5, 0.6) is 5.75 Å². The molecule has 21 heavy (non-hydrogen) atoms. The second kappa shape index (κ2) is 6.28. The zero-order valence-corrected chi connectivity index (χ0v) is 12.8. The van der Waals surface area contributed by atoms with Gasteiger partial charge in [-0.15, -0.1) is 0 Å². The van der Waals surface area contributed by atoms with Crippen molar-refractivity contribution in [1.82, 2.24) is 0 Å². The predicted octanol–water partition coefficient (Wildman–Crippen LogP) is 3.10. The fraction of sp³-hybridized carbons (Fsp3) is 0.133. The molecule has 2 aromatic rings. The van der Waals surface area contributed by atoms with Crippen molar-refractivity contribution in [2.45, 2.75) is 5.75 Å². The Morgan fingerprint density at radius 1 is 1.14 bits per heavy atom. The number of rotatable bonds is 4. The average Bonchev–Trinajstić information content (AvgIpc) is 2.37. The minimum atomic E-state index is -3.09. The Labute approximate surface area is 128 Å². The van der Waals surface area contributed by atoms with E-state index in [4.69, 9.17) is 16.3 Å². The molecule has 0 unspecified atom stereocenters. The fourth-order valence-electron chi connectivity index (χ4n) is 1.74. The molecule has 0 aliphatic rings. The number of ether oxygens (including phenoxy) is 1. The number of hydrogen-bond acceptors (Lipinski definition) is 4. The summed E-state index contributed by atoms with van der Waals surface area (Å²) in [6.45, 7) is 0. The van der Waals surface area contributed by atoms with Crippen LogP contribution in [0.1, 0.15) is 15.9 Å². The standard InChI is InChI=1S/C15H13ClO4S/c1-21(18,19)10-11-5-7-12(8-6-11)15(17)20-14-4-2-3-13(16)9-14/h2-9H,10H2,1H3. The summed E-state index contributed by atoms with van der Waals surface area (Å²) in [5.41, 5.74) is 0.962. The van der Waals surface area contributed by atoms with Crippen molar-refractivity contribution in [3.05, 3.63) is 64.7 Å². The Morgan fingerprint density at radius 2 is 1.81 bits per heavy atom. The lowest BCUT2D eigenvalue weighted by molar-refractivity contribution is 0.0735. The van der Waals surface area contributed by atoms with Gasteiger partial charge in [-0.25, -0.2) is 13.2 Å². The maximum absolute atomic E-state index is 11.9. The zero-order valence-electron chi connectivity index (χ0n) is 11.2. The van der Waals surface area contributed by atoms with Crippen LogP contribution in [0.25, 0.3) is 0 Å². The molecule has 0 aliphatic heterocycles. The zero-order chi connectivity index (χ0) is 15.5. The number of hydrogen-bond donors (Lipinski definition) is 0. The molecule has 0 N–H and O–H groups in total. The molecule has 4 nitrogen and oxygen atoms in total. The van der Waals surface area contributed by atoms with E-state index in [1.165, 1.54) is 18.2 Å². The van der Waals surface area contributed by atoms with Crippen LogP contribution in [-0.4, -0.2) is 20.6 Å². The largest absolute Gasteiger partial charge is 0.423 e. The summed E-state index contributed by atoms with van der Waals surface area (Å²) in [4.78, 5) is 11.9. The highest BCUT2D eigenvalue weighted by atomic mass is 35.5. The third-order valence-electron chi connectivity index (χ3n) is 2.63. The molecule has 0 saturated carbocycles. The van der Waals surface area contributed by atoms with Gasteiger partial charge in [-0.1, -0.05) is 29.8 Å². The summed E-state index contributed by atoms with van der Waals surface area (Å²) in [6.07, 6.45) is 1.16. The van der Waals surface area contributed by atoms with Gasteiger partial charge in [0.05, 0.1) is 11.3 Å². The van der Waals surface area contributed by atoms with E-state index in [1.807, 2.05) is 0 Å². The molecule has 0 aromatic heterocycles. The Hall–Kier alpha value is -1.85. The first-order valence-electron chi connectivity index (χ1n) is 6.08. The molecule has 0 radical (unpaired) electrons. The van der Waals surface area contributed by atoms with Crippen molar-refractivity contribution in [3.63, 3.8) is 0 Å². The minimum Gasteiger partial charge on any atom is -0.423 e. The van der Waals surface area contributed by atoms with Gasteiger partial charge in [0.2, 0.25) is 0 Å². The maximum atomic E-state index is 11.9. The Bertz CT molecular complexity index is 751. The van der Waals surface area contributed by atoms with Crippen LogP contribution in [0, 0.1) is 0 Å². The highest BCUT2D eigenvalue weighted by Gasteiger charge is 2.10. The summed E-state index contributed by atoms with van der Waals surface area (Å²) < 4.78 is 27.6. The van der Waals surface area contributed by atoms with Gasteiger partial charge in [-0.05, 0) is 35.9 Å². The molecular formula is C15H13ClO4S. The van der Waals surface area contributed by atoms with Crippen LogP contribution in [0.4, 0.5) is 0 Å². The van der Waals surface area contributed by atoms with E-state index in [0.717, 1.165) is 6.26 Å². The summed E-state index contributed by atoms with van der Waals surface area (Å²) >= 11 is 5.81. The third kappa shape index (κ3) is 4.88. The Balaban J connectivity index is 2.10. The summed E-state index contributed by atoms with van der Waals surface area (Å²) in [6, 6.07) is 12.8. The normalized spacial score (nSPS) is 11.1. The molecule has 0 fully saturated rings. The number of carbonyl (C=O) groups is 1. The Morgan fingerprint density at radius 3 is 2.38 bits per heavy atom. The third-order valence-corrected chi connectivity index (χ3v) is 3.72. The lowest BCUT2D eigenvalue weighted by atomic mass is 10.1.